The van der Waals surface area contributed by atoms with E-state index < -0.39 is 10.9 Å². The first-order valence-corrected chi connectivity index (χ1v) is 10.2. The van der Waals surface area contributed by atoms with Crippen LogP contribution in [0.4, 0.5) is 22.9 Å². The Bertz CT molecular complexity index is 1250. The number of amides is 1. The summed E-state index contributed by atoms with van der Waals surface area (Å²) in [7, 11) is 3.15. The Hall–Kier alpha value is -3.59. The van der Waals surface area contributed by atoms with Crippen LogP contribution in [0, 0.1) is 12.3 Å². The molecule has 32 heavy (non-hydrogen) atoms. The van der Waals surface area contributed by atoms with Gasteiger partial charge >= 0.3 is 0 Å². The maximum Gasteiger partial charge on any atom is 0.257 e. The fourth-order valence-electron chi connectivity index (χ4n) is 3.70. The molecule has 0 bridgehead atoms. The zero-order valence-electron chi connectivity index (χ0n) is 18.4. The molecule has 0 spiro atoms. The van der Waals surface area contributed by atoms with Gasteiger partial charge in [-0.05, 0) is 25.1 Å². The number of hydrogen-bond donors (Lipinski definition) is 2. The summed E-state index contributed by atoms with van der Waals surface area (Å²) in [6.45, 7) is 5.28. The minimum Gasteiger partial charge on any atom is -0.505 e. The number of ether oxygens (including phenoxy) is 1. The summed E-state index contributed by atoms with van der Waals surface area (Å²) in [5.74, 6) is 0.416. The fraction of sp³-hybridized carbons (Fsp3) is 0.348. The van der Waals surface area contributed by atoms with Crippen molar-refractivity contribution in [2.45, 2.75) is 13.8 Å². The van der Waals surface area contributed by atoms with E-state index in [0.29, 0.717) is 31.4 Å². The predicted molar refractivity (Wildman–Crippen MR) is 120 cm³/mol. The van der Waals surface area contributed by atoms with Gasteiger partial charge in [-0.2, -0.15) is 0 Å². The third kappa shape index (κ3) is 3.64. The van der Waals surface area contributed by atoms with E-state index in [4.69, 9.17) is 9.15 Å². The molecule has 1 aromatic heterocycles. The lowest BCUT2D eigenvalue weighted by molar-refractivity contribution is -0.0948. The van der Waals surface area contributed by atoms with Crippen LogP contribution in [0.1, 0.15) is 23.0 Å². The Balaban J connectivity index is 1.73. The minimum atomic E-state index is -0.702. The monoisotopic (exact) mass is 439 g/mol. The van der Waals surface area contributed by atoms with Gasteiger partial charge in [0.05, 0.1) is 24.5 Å². The Kier molecular flexibility index (Phi) is 5.29. The summed E-state index contributed by atoms with van der Waals surface area (Å²) in [5, 5.41) is 13.5. The van der Waals surface area contributed by atoms with Crippen LogP contribution in [0.3, 0.4) is 0 Å². The van der Waals surface area contributed by atoms with Gasteiger partial charge in [0.1, 0.15) is 17.1 Å². The molecule has 9 heteroatoms. The lowest BCUT2D eigenvalue weighted by Gasteiger charge is -2.42. The number of phenolic OH excluding ortho intramolecular Hbond substituents is 1. The maximum atomic E-state index is 12.6. The number of hydrogen-bond acceptors (Lipinski definition) is 8. The highest BCUT2D eigenvalue weighted by atomic mass is 16.5. The van der Waals surface area contributed by atoms with Gasteiger partial charge in [0.25, 0.3) is 16.8 Å². The van der Waals surface area contributed by atoms with E-state index in [2.05, 4.69) is 5.32 Å². The van der Waals surface area contributed by atoms with E-state index in [1.165, 1.54) is 17.0 Å². The number of carbonyl (C=O) groups excluding carboxylic acids is 1. The molecule has 2 aromatic carbocycles. The standard InChI is InChI=1S/C23H25N3O6/c1-13-8-9-16(32-13)26(10-23(2)11-31-12-23)18-17(20(28)21(18)29)24-15-7-5-6-14(19(15)27)22(30)25(3)4/h5-9,24,27H,10-12H2,1-4H3. The molecule has 0 saturated carbocycles. The first-order chi connectivity index (χ1) is 15.1. The van der Waals surface area contributed by atoms with Crippen molar-refractivity contribution >= 4 is 28.9 Å². The number of para-hydroxylation sites is 1. The second-order valence-electron chi connectivity index (χ2n) is 8.68. The highest BCUT2D eigenvalue weighted by molar-refractivity contribution is 5.99. The third-order valence-corrected chi connectivity index (χ3v) is 5.52. The molecule has 0 unspecified atom stereocenters. The number of aryl methyl sites for hydroxylation is 1. The summed E-state index contributed by atoms with van der Waals surface area (Å²) in [4.78, 5) is 40.5. The van der Waals surface area contributed by atoms with Crippen LogP contribution in [0.15, 0.2) is 44.3 Å². The number of furan rings is 1. The number of phenols is 1. The molecule has 1 aliphatic heterocycles. The van der Waals surface area contributed by atoms with E-state index in [1.807, 2.05) is 6.92 Å². The van der Waals surface area contributed by atoms with Crippen LogP contribution in [0.2, 0.25) is 0 Å². The van der Waals surface area contributed by atoms with Crippen molar-refractivity contribution in [3.8, 4) is 5.75 Å². The molecular formula is C23H25N3O6. The van der Waals surface area contributed by atoms with Gasteiger partial charge in [-0.3, -0.25) is 14.4 Å². The maximum absolute atomic E-state index is 12.6. The van der Waals surface area contributed by atoms with E-state index >= 15 is 0 Å². The molecule has 1 saturated heterocycles. The van der Waals surface area contributed by atoms with Crippen molar-refractivity contribution < 1.29 is 19.1 Å². The molecule has 0 aliphatic carbocycles. The van der Waals surface area contributed by atoms with E-state index in [0.717, 1.165) is 0 Å². The molecular weight excluding hydrogens is 414 g/mol. The molecule has 3 aromatic rings. The molecule has 168 valence electrons. The number of aromatic hydroxyl groups is 1. The summed E-state index contributed by atoms with van der Waals surface area (Å²) < 4.78 is 11.1. The van der Waals surface area contributed by atoms with Crippen LogP contribution in [0.5, 0.6) is 5.75 Å². The molecule has 1 fully saturated rings. The van der Waals surface area contributed by atoms with Crippen LogP contribution in [-0.2, 0) is 4.74 Å². The molecule has 0 atom stereocenters. The zero-order chi connectivity index (χ0) is 23.2. The van der Waals surface area contributed by atoms with Crippen LogP contribution in [-0.4, -0.2) is 49.8 Å². The normalized spacial score (nSPS) is 14.8. The van der Waals surface area contributed by atoms with Crippen molar-refractivity contribution in [2.75, 3.05) is 44.1 Å². The number of rotatable bonds is 7. The van der Waals surface area contributed by atoms with Gasteiger partial charge in [-0.15, -0.1) is 0 Å². The van der Waals surface area contributed by atoms with Gasteiger partial charge < -0.3 is 29.4 Å². The van der Waals surface area contributed by atoms with Crippen molar-refractivity contribution in [1.29, 1.82) is 0 Å². The van der Waals surface area contributed by atoms with Gasteiger partial charge in [-0.25, -0.2) is 0 Å². The molecule has 2 heterocycles. The first-order valence-electron chi connectivity index (χ1n) is 10.2. The number of anilines is 4. The predicted octanol–water partition coefficient (Wildman–Crippen LogP) is 2.51. The first kappa shape index (κ1) is 21.6. The average molecular weight is 439 g/mol. The summed E-state index contributed by atoms with van der Waals surface area (Å²) >= 11 is 0. The topological polar surface area (TPSA) is 112 Å². The Labute approximate surface area is 184 Å². The van der Waals surface area contributed by atoms with E-state index in [1.54, 1.807) is 44.1 Å². The quantitative estimate of drug-likeness (QED) is 0.427. The van der Waals surface area contributed by atoms with Gasteiger partial charge in [0, 0.05) is 32.1 Å². The van der Waals surface area contributed by atoms with Gasteiger partial charge in [-0.1, -0.05) is 13.0 Å². The number of benzene rings is 1. The molecule has 4 rings (SSSR count). The lowest BCUT2D eigenvalue weighted by Crippen LogP contribution is -2.50. The molecule has 0 radical (unpaired) electrons. The number of carbonyl (C=O) groups is 1. The Morgan fingerprint density at radius 1 is 1.16 bits per heavy atom. The Morgan fingerprint density at radius 2 is 1.88 bits per heavy atom. The largest absolute Gasteiger partial charge is 0.505 e. The van der Waals surface area contributed by atoms with Crippen LogP contribution >= 0.6 is 0 Å². The molecule has 1 aliphatic rings. The second-order valence-corrected chi connectivity index (χ2v) is 8.68. The van der Waals surface area contributed by atoms with E-state index in [9.17, 15) is 19.5 Å². The fourth-order valence-corrected chi connectivity index (χ4v) is 3.70. The number of nitrogens with zero attached hydrogens (tertiary/aromatic N) is 2. The van der Waals surface area contributed by atoms with Crippen molar-refractivity contribution in [1.82, 2.24) is 4.90 Å². The SMILES string of the molecule is Cc1ccc(N(CC2(C)COC2)c2c(Nc3cccc(C(=O)N(C)C)c3O)c(=O)c2=O)o1. The number of nitrogens with one attached hydrogen (secondary N) is 1. The van der Waals surface area contributed by atoms with Gasteiger partial charge in [0.2, 0.25) is 0 Å². The summed E-state index contributed by atoms with van der Waals surface area (Å²) in [6, 6.07) is 8.13. The highest BCUT2D eigenvalue weighted by Gasteiger charge is 2.39. The summed E-state index contributed by atoms with van der Waals surface area (Å²) in [6.07, 6.45) is 0. The summed E-state index contributed by atoms with van der Waals surface area (Å²) in [5.41, 5.74) is -1.13. The van der Waals surface area contributed by atoms with Crippen molar-refractivity contribution in [3.05, 3.63) is 62.1 Å². The van der Waals surface area contributed by atoms with Crippen molar-refractivity contribution in [2.24, 2.45) is 5.41 Å². The zero-order valence-corrected chi connectivity index (χ0v) is 18.4. The minimum absolute atomic E-state index is 0.0395. The van der Waals surface area contributed by atoms with E-state index in [-0.39, 0.29) is 39.7 Å². The smallest absolute Gasteiger partial charge is 0.257 e. The molecule has 9 nitrogen and oxygen atoms in total. The second kappa shape index (κ2) is 7.83. The lowest BCUT2D eigenvalue weighted by atomic mass is 9.87. The third-order valence-electron chi connectivity index (χ3n) is 5.52. The van der Waals surface area contributed by atoms with Gasteiger partial charge in [0.15, 0.2) is 11.6 Å². The highest BCUT2D eigenvalue weighted by Crippen LogP contribution is 2.38. The average Bonchev–Trinajstić information content (AvgIpc) is 3.17. The molecule has 1 amide bonds. The van der Waals surface area contributed by atoms with Crippen LogP contribution in [0.25, 0.3) is 0 Å². The van der Waals surface area contributed by atoms with Crippen LogP contribution < -0.4 is 21.1 Å². The Morgan fingerprint density at radius 3 is 2.44 bits per heavy atom. The van der Waals surface area contributed by atoms with Crippen molar-refractivity contribution in [3.63, 3.8) is 0 Å². The molecule has 2 N–H and O–H groups in total.